The lowest BCUT2D eigenvalue weighted by atomic mass is 10.1. The predicted molar refractivity (Wildman–Crippen MR) is 102 cm³/mol. The van der Waals surface area contributed by atoms with E-state index in [0.29, 0.717) is 6.42 Å². The SMILES string of the molecule is CCCCCCCCCCCC(=O)NCNC(=O)c1ccc(O)cc1O. The zero-order valence-electron chi connectivity index (χ0n) is 15.7. The summed E-state index contributed by atoms with van der Waals surface area (Å²) in [4.78, 5) is 23.6. The van der Waals surface area contributed by atoms with Crippen LogP contribution in [0, 0.1) is 0 Å². The largest absolute Gasteiger partial charge is 0.508 e. The summed E-state index contributed by atoms with van der Waals surface area (Å²) in [6.07, 6.45) is 11.3. The number of phenolic OH excluding ortho intramolecular Hbond substituents is 2. The number of nitrogens with one attached hydrogen (secondary N) is 2. The third-order valence-electron chi connectivity index (χ3n) is 4.27. The molecule has 0 aliphatic carbocycles. The first kappa shape index (κ1) is 21.8. The summed E-state index contributed by atoms with van der Waals surface area (Å²) in [6, 6.07) is 3.73. The number of hydrogen-bond acceptors (Lipinski definition) is 4. The van der Waals surface area contributed by atoms with Crippen molar-refractivity contribution in [3.8, 4) is 11.5 Å². The second-order valence-corrected chi connectivity index (χ2v) is 6.56. The first-order chi connectivity index (χ1) is 12.5. The predicted octanol–water partition coefficient (Wildman–Crippen LogP) is 3.82. The Labute approximate surface area is 156 Å². The van der Waals surface area contributed by atoms with Gasteiger partial charge in [-0.15, -0.1) is 0 Å². The van der Waals surface area contributed by atoms with Gasteiger partial charge in [0.25, 0.3) is 5.91 Å². The molecule has 0 aliphatic heterocycles. The van der Waals surface area contributed by atoms with Gasteiger partial charge in [-0.25, -0.2) is 0 Å². The van der Waals surface area contributed by atoms with Crippen LogP contribution in [0.2, 0.25) is 0 Å². The summed E-state index contributed by atoms with van der Waals surface area (Å²) < 4.78 is 0. The van der Waals surface area contributed by atoms with Crippen LogP contribution in [0.4, 0.5) is 0 Å². The molecular formula is C20H32N2O4. The van der Waals surface area contributed by atoms with E-state index < -0.39 is 5.91 Å². The fraction of sp³-hybridized carbons (Fsp3) is 0.600. The minimum absolute atomic E-state index is 0.00934. The highest BCUT2D eigenvalue weighted by molar-refractivity contribution is 5.97. The summed E-state index contributed by atoms with van der Waals surface area (Å²) in [6.45, 7) is 2.23. The fourth-order valence-electron chi connectivity index (χ4n) is 2.71. The van der Waals surface area contributed by atoms with Gasteiger partial charge in [-0.1, -0.05) is 58.3 Å². The van der Waals surface area contributed by atoms with Gasteiger partial charge in [-0.2, -0.15) is 0 Å². The molecule has 0 aromatic heterocycles. The van der Waals surface area contributed by atoms with Crippen LogP contribution in [0.3, 0.4) is 0 Å². The molecule has 4 N–H and O–H groups in total. The van der Waals surface area contributed by atoms with E-state index in [0.717, 1.165) is 25.3 Å². The van der Waals surface area contributed by atoms with E-state index >= 15 is 0 Å². The second kappa shape index (κ2) is 13.0. The van der Waals surface area contributed by atoms with E-state index in [1.54, 1.807) is 0 Å². The zero-order valence-corrected chi connectivity index (χ0v) is 15.7. The molecule has 2 amide bonds. The van der Waals surface area contributed by atoms with Crippen LogP contribution in [0.25, 0.3) is 0 Å². The number of hydrogen-bond donors (Lipinski definition) is 4. The highest BCUT2D eigenvalue weighted by Gasteiger charge is 2.11. The normalized spacial score (nSPS) is 10.5. The van der Waals surface area contributed by atoms with Crippen molar-refractivity contribution in [2.24, 2.45) is 0 Å². The minimum atomic E-state index is -0.508. The number of carbonyl (C=O) groups is 2. The number of unbranched alkanes of at least 4 members (excludes halogenated alkanes) is 8. The smallest absolute Gasteiger partial charge is 0.256 e. The van der Waals surface area contributed by atoms with Crippen LogP contribution < -0.4 is 10.6 Å². The van der Waals surface area contributed by atoms with E-state index in [2.05, 4.69) is 17.6 Å². The van der Waals surface area contributed by atoms with Gasteiger partial charge < -0.3 is 20.8 Å². The van der Waals surface area contributed by atoms with Gasteiger partial charge in [0.2, 0.25) is 5.91 Å². The maximum atomic E-state index is 11.9. The lowest BCUT2D eigenvalue weighted by molar-refractivity contribution is -0.121. The Balaban J connectivity index is 2.05. The average Bonchev–Trinajstić information content (AvgIpc) is 2.60. The third-order valence-corrected chi connectivity index (χ3v) is 4.27. The Bertz CT molecular complexity index is 561. The van der Waals surface area contributed by atoms with Crippen LogP contribution >= 0.6 is 0 Å². The molecule has 1 rings (SSSR count). The van der Waals surface area contributed by atoms with Gasteiger partial charge in [0.1, 0.15) is 11.5 Å². The number of benzene rings is 1. The van der Waals surface area contributed by atoms with Crippen molar-refractivity contribution in [3.63, 3.8) is 0 Å². The average molecular weight is 364 g/mol. The Hall–Kier alpha value is -2.24. The van der Waals surface area contributed by atoms with Crippen LogP contribution in [0.5, 0.6) is 11.5 Å². The second-order valence-electron chi connectivity index (χ2n) is 6.56. The molecule has 0 unspecified atom stereocenters. The molecule has 0 bridgehead atoms. The Morgan fingerprint density at radius 1 is 0.885 bits per heavy atom. The topological polar surface area (TPSA) is 98.7 Å². The lowest BCUT2D eigenvalue weighted by Gasteiger charge is -2.09. The number of carbonyl (C=O) groups excluding carboxylic acids is 2. The Kier molecular flexibility index (Phi) is 10.9. The molecule has 0 saturated carbocycles. The highest BCUT2D eigenvalue weighted by atomic mass is 16.3. The standard InChI is InChI=1S/C20H32N2O4/c1-2-3-4-5-6-7-8-9-10-11-19(25)21-15-22-20(26)17-13-12-16(23)14-18(17)24/h12-14,23-24H,2-11,15H2,1H3,(H,21,25)(H,22,26). The van der Waals surface area contributed by atoms with Crippen molar-refractivity contribution in [1.82, 2.24) is 10.6 Å². The number of rotatable bonds is 13. The van der Waals surface area contributed by atoms with E-state index in [-0.39, 0.29) is 29.6 Å². The van der Waals surface area contributed by atoms with Crippen molar-refractivity contribution in [1.29, 1.82) is 0 Å². The van der Waals surface area contributed by atoms with Gasteiger partial charge in [0, 0.05) is 12.5 Å². The number of aromatic hydroxyl groups is 2. The molecule has 6 nitrogen and oxygen atoms in total. The van der Waals surface area contributed by atoms with Crippen molar-refractivity contribution < 1.29 is 19.8 Å². The van der Waals surface area contributed by atoms with E-state index in [1.807, 2.05) is 0 Å². The maximum absolute atomic E-state index is 11.9. The summed E-state index contributed by atoms with van der Waals surface area (Å²) in [7, 11) is 0. The van der Waals surface area contributed by atoms with E-state index in [1.165, 1.54) is 50.7 Å². The molecule has 6 heteroatoms. The molecule has 0 aliphatic rings. The highest BCUT2D eigenvalue weighted by Crippen LogP contribution is 2.22. The zero-order chi connectivity index (χ0) is 19.2. The van der Waals surface area contributed by atoms with Gasteiger partial charge in [0.15, 0.2) is 0 Å². The molecule has 26 heavy (non-hydrogen) atoms. The quantitative estimate of drug-likeness (QED) is 0.316. The van der Waals surface area contributed by atoms with Crippen molar-refractivity contribution in [2.75, 3.05) is 6.67 Å². The summed E-state index contributed by atoms with van der Waals surface area (Å²) in [5.41, 5.74) is 0.0518. The van der Waals surface area contributed by atoms with Crippen LogP contribution in [-0.4, -0.2) is 28.7 Å². The van der Waals surface area contributed by atoms with Gasteiger partial charge >= 0.3 is 0 Å². The van der Waals surface area contributed by atoms with Gasteiger partial charge in [-0.3, -0.25) is 9.59 Å². The first-order valence-electron chi connectivity index (χ1n) is 9.61. The molecule has 0 radical (unpaired) electrons. The molecule has 0 fully saturated rings. The molecule has 1 aromatic carbocycles. The molecule has 0 saturated heterocycles. The molecule has 0 heterocycles. The molecule has 0 atom stereocenters. The van der Waals surface area contributed by atoms with Gasteiger partial charge in [0.05, 0.1) is 12.2 Å². The van der Waals surface area contributed by atoms with Gasteiger partial charge in [-0.05, 0) is 18.6 Å². The van der Waals surface area contributed by atoms with Crippen LogP contribution in [0.15, 0.2) is 18.2 Å². The van der Waals surface area contributed by atoms with Crippen molar-refractivity contribution in [3.05, 3.63) is 23.8 Å². The van der Waals surface area contributed by atoms with Crippen LogP contribution in [-0.2, 0) is 4.79 Å². The molecule has 0 spiro atoms. The molecular weight excluding hydrogens is 332 g/mol. The maximum Gasteiger partial charge on any atom is 0.256 e. The molecule has 146 valence electrons. The third kappa shape index (κ3) is 9.30. The molecule has 1 aromatic rings. The number of amides is 2. The monoisotopic (exact) mass is 364 g/mol. The van der Waals surface area contributed by atoms with E-state index in [4.69, 9.17) is 0 Å². The Morgan fingerprint density at radius 2 is 1.50 bits per heavy atom. The van der Waals surface area contributed by atoms with E-state index in [9.17, 15) is 19.8 Å². The Morgan fingerprint density at radius 3 is 2.12 bits per heavy atom. The lowest BCUT2D eigenvalue weighted by Crippen LogP contribution is -2.37. The summed E-state index contributed by atoms with van der Waals surface area (Å²) in [5, 5.41) is 24.0. The minimum Gasteiger partial charge on any atom is -0.508 e. The number of phenols is 2. The van der Waals surface area contributed by atoms with Crippen molar-refractivity contribution >= 4 is 11.8 Å². The van der Waals surface area contributed by atoms with Crippen LogP contribution in [0.1, 0.15) is 81.5 Å². The van der Waals surface area contributed by atoms with Crippen molar-refractivity contribution in [2.45, 2.75) is 71.1 Å². The summed E-state index contributed by atoms with van der Waals surface area (Å²) >= 11 is 0. The summed E-state index contributed by atoms with van der Waals surface area (Å²) in [5.74, 6) is -1.02. The fourth-order valence-corrected chi connectivity index (χ4v) is 2.71. The first-order valence-corrected chi connectivity index (χ1v) is 9.61.